The molecule has 0 radical (unpaired) electrons. The third-order valence-corrected chi connectivity index (χ3v) is 3.23. The molecule has 21 heavy (non-hydrogen) atoms. The molecule has 0 aliphatic carbocycles. The van der Waals surface area contributed by atoms with Crippen molar-refractivity contribution >= 4 is 12.0 Å². The molecule has 0 bridgehead atoms. The number of ether oxygens (including phenoxy) is 1. The Morgan fingerprint density at radius 3 is 3.14 bits per heavy atom. The first-order chi connectivity index (χ1) is 10.3. The number of nitrogens with zero attached hydrogens (tertiary/aromatic N) is 3. The van der Waals surface area contributed by atoms with Gasteiger partial charge in [-0.05, 0) is 24.3 Å². The maximum Gasteiger partial charge on any atom is 0.246 e. The van der Waals surface area contributed by atoms with Crippen molar-refractivity contribution < 1.29 is 13.9 Å². The fourth-order valence-corrected chi connectivity index (χ4v) is 2.19. The minimum absolute atomic E-state index is 0.0392. The third kappa shape index (κ3) is 3.47. The highest BCUT2D eigenvalue weighted by Gasteiger charge is 2.26. The van der Waals surface area contributed by atoms with Crippen LogP contribution in [0.1, 0.15) is 12.2 Å². The predicted octanol–water partition coefficient (Wildman–Crippen LogP) is 1.76. The molecule has 0 saturated carbocycles. The number of furan rings is 1. The van der Waals surface area contributed by atoms with Gasteiger partial charge >= 0.3 is 0 Å². The molecule has 1 unspecified atom stereocenters. The Balaban J connectivity index is 1.53. The summed E-state index contributed by atoms with van der Waals surface area (Å²) in [5, 5.41) is 7.64. The zero-order chi connectivity index (χ0) is 14.5. The topological polar surface area (TPSA) is 68.5 Å². The van der Waals surface area contributed by atoms with Gasteiger partial charge in [-0.1, -0.05) is 0 Å². The second-order valence-corrected chi connectivity index (χ2v) is 4.72. The first-order valence-corrected chi connectivity index (χ1v) is 6.76. The van der Waals surface area contributed by atoms with Crippen molar-refractivity contribution in [1.82, 2.24) is 15.1 Å². The molecule has 6 nitrogen and oxygen atoms in total. The summed E-state index contributed by atoms with van der Waals surface area (Å²) in [5.74, 6) is 1.11. The molecule has 1 fully saturated rings. The molecule has 0 spiro atoms. The van der Waals surface area contributed by atoms with Crippen molar-refractivity contribution in [3.8, 4) is 5.88 Å². The summed E-state index contributed by atoms with van der Waals surface area (Å²) < 4.78 is 10.8. The highest BCUT2D eigenvalue weighted by atomic mass is 16.5. The maximum absolute atomic E-state index is 12.1. The van der Waals surface area contributed by atoms with E-state index in [0.29, 0.717) is 24.7 Å². The van der Waals surface area contributed by atoms with Crippen LogP contribution in [0.25, 0.3) is 6.08 Å². The number of amides is 1. The van der Waals surface area contributed by atoms with Crippen LogP contribution in [0, 0.1) is 0 Å². The monoisotopic (exact) mass is 285 g/mol. The zero-order valence-electron chi connectivity index (χ0n) is 11.4. The largest absolute Gasteiger partial charge is 0.471 e. The molecule has 0 aromatic carbocycles. The number of rotatable bonds is 4. The maximum atomic E-state index is 12.1. The molecule has 1 aliphatic heterocycles. The van der Waals surface area contributed by atoms with Crippen LogP contribution in [0.3, 0.4) is 0 Å². The van der Waals surface area contributed by atoms with Crippen molar-refractivity contribution in [3.63, 3.8) is 0 Å². The number of carbonyl (C=O) groups excluding carboxylic acids is 1. The quantitative estimate of drug-likeness (QED) is 0.801. The summed E-state index contributed by atoms with van der Waals surface area (Å²) in [6, 6.07) is 7.11. The highest BCUT2D eigenvalue weighted by Crippen LogP contribution is 2.16. The lowest BCUT2D eigenvalue weighted by atomic mass is 10.3. The first-order valence-electron chi connectivity index (χ1n) is 6.76. The second kappa shape index (κ2) is 6.21. The van der Waals surface area contributed by atoms with Gasteiger partial charge < -0.3 is 14.1 Å². The number of hydrogen-bond acceptors (Lipinski definition) is 5. The van der Waals surface area contributed by atoms with Gasteiger partial charge in [-0.15, -0.1) is 5.10 Å². The van der Waals surface area contributed by atoms with Crippen LogP contribution in [0.5, 0.6) is 5.88 Å². The minimum Gasteiger partial charge on any atom is -0.471 e. The summed E-state index contributed by atoms with van der Waals surface area (Å²) in [6.07, 6.45) is 7.10. The minimum atomic E-state index is -0.0448. The fraction of sp³-hybridized carbons (Fsp3) is 0.267. The Bertz CT molecular complexity index is 610. The van der Waals surface area contributed by atoms with E-state index in [2.05, 4.69) is 10.2 Å². The van der Waals surface area contributed by atoms with E-state index in [1.807, 2.05) is 0 Å². The smallest absolute Gasteiger partial charge is 0.246 e. The molecule has 0 N–H and O–H groups in total. The average molecular weight is 285 g/mol. The molecule has 3 heterocycles. The highest BCUT2D eigenvalue weighted by molar-refractivity contribution is 5.91. The van der Waals surface area contributed by atoms with E-state index >= 15 is 0 Å². The molecule has 1 amide bonds. The van der Waals surface area contributed by atoms with Gasteiger partial charge in [0.15, 0.2) is 0 Å². The zero-order valence-corrected chi connectivity index (χ0v) is 11.4. The number of aromatic nitrogens is 2. The molecule has 108 valence electrons. The van der Waals surface area contributed by atoms with Gasteiger partial charge in [0, 0.05) is 31.3 Å². The van der Waals surface area contributed by atoms with Crippen LogP contribution in [-0.2, 0) is 4.79 Å². The third-order valence-electron chi connectivity index (χ3n) is 3.23. The van der Waals surface area contributed by atoms with Gasteiger partial charge in [-0.3, -0.25) is 4.79 Å². The lowest BCUT2D eigenvalue weighted by Crippen LogP contribution is -2.29. The summed E-state index contributed by atoms with van der Waals surface area (Å²) in [5.41, 5.74) is 0. The normalized spacial score (nSPS) is 18.3. The number of hydrogen-bond donors (Lipinski definition) is 0. The Morgan fingerprint density at radius 1 is 1.43 bits per heavy atom. The molecule has 2 aromatic rings. The van der Waals surface area contributed by atoms with Gasteiger partial charge in [0.05, 0.1) is 12.8 Å². The summed E-state index contributed by atoms with van der Waals surface area (Å²) in [7, 11) is 0. The molecular weight excluding hydrogens is 270 g/mol. The van der Waals surface area contributed by atoms with E-state index in [1.165, 1.54) is 6.08 Å². The molecule has 1 aliphatic rings. The summed E-state index contributed by atoms with van der Waals surface area (Å²) >= 11 is 0. The Kier molecular flexibility index (Phi) is 3.95. The van der Waals surface area contributed by atoms with Crippen LogP contribution >= 0.6 is 0 Å². The predicted molar refractivity (Wildman–Crippen MR) is 75.4 cm³/mol. The summed E-state index contributed by atoms with van der Waals surface area (Å²) in [4.78, 5) is 13.8. The van der Waals surface area contributed by atoms with Gasteiger partial charge in [-0.2, -0.15) is 5.10 Å². The van der Waals surface area contributed by atoms with Crippen LogP contribution in [0.2, 0.25) is 0 Å². The van der Waals surface area contributed by atoms with Crippen LogP contribution < -0.4 is 4.74 Å². The Morgan fingerprint density at radius 2 is 2.38 bits per heavy atom. The van der Waals surface area contributed by atoms with E-state index in [9.17, 15) is 4.79 Å². The van der Waals surface area contributed by atoms with Crippen LogP contribution in [0.15, 0.2) is 47.2 Å². The van der Waals surface area contributed by atoms with Crippen molar-refractivity contribution in [1.29, 1.82) is 0 Å². The van der Waals surface area contributed by atoms with Crippen molar-refractivity contribution in [2.24, 2.45) is 0 Å². The van der Waals surface area contributed by atoms with E-state index in [4.69, 9.17) is 9.15 Å². The van der Waals surface area contributed by atoms with Crippen molar-refractivity contribution in [2.75, 3.05) is 13.1 Å². The van der Waals surface area contributed by atoms with Crippen LogP contribution in [0.4, 0.5) is 0 Å². The number of likely N-dealkylation sites (tertiary alicyclic amines) is 1. The molecule has 6 heteroatoms. The first kappa shape index (κ1) is 13.4. The van der Waals surface area contributed by atoms with E-state index < -0.39 is 0 Å². The van der Waals surface area contributed by atoms with E-state index in [0.717, 1.165) is 6.42 Å². The van der Waals surface area contributed by atoms with Gasteiger partial charge in [0.2, 0.25) is 11.8 Å². The van der Waals surface area contributed by atoms with Crippen molar-refractivity contribution in [3.05, 3.63) is 48.6 Å². The van der Waals surface area contributed by atoms with E-state index in [1.54, 1.807) is 47.7 Å². The SMILES string of the molecule is O=C(C=Cc1ccco1)N1CCC(Oc2cccnn2)C1. The molecule has 1 atom stereocenters. The van der Waals surface area contributed by atoms with Gasteiger partial charge in [-0.25, -0.2) is 0 Å². The lowest BCUT2D eigenvalue weighted by Gasteiger charge is -2.14. The standard InChI is InChI=1S/C15H15N3O3/c19-15(6-5-12-3-2-10-20-12)18-9-7-13(11-18)21-14-4-1-8-16-17-14/h1-6,8,10,13H,7,9,11H2. The second-order valence-electron chi connectivity index (χ2n) is 4.72. The molecule has 1 saturated heterocycles. The summed E-state index contributed by atoms with van der Waals surface area (Å²) in [6.45, 7) is 1.23. The van der Waals surface area contributed by atoms with Gasteiger partial charge in [0.25, 0.3) is 0 Å². The average Bonchev–Trinajstić information content (AvgIpc) is 3.17. The van der Waals surface area contributed by atoms with E-state index in [-0.39, 0.29) is 12.0 Å². The Hall–Kier alpha value is -2.63. The molecule has 3 rings (SSSR count). The fourth-order valence-electron chi connectivity index (χ4n) is 2.19. The molecular formula is C15H15N3O3. The number of carbonyl (C=O) groups is 1. The molecule has 2 aromatic heterocycles. The Labute approximate surface area is 122 Å². The van der Waals surface area contributed by atoms with Gasteiger partial charge in [0.1, 0.15) is 11.9 Å². The van der Waals surface area contributed by atoms with Crippen LogP contribution in [-0.4, -0.2) is 40.2 Å². The lowest BCUT2D eigenvalue weighted by molar-refractivity contribution is -0.125. The van der Waals surface area contributed by atoms with Crippen molar-refractivity contribution in [2.45, 2.75) is 12.5 Å².